The van der Waals surface area contributed by atoms with Gasteiger partial charge in [0.2, 0.25) is 0 Å². The van der Waals surface area contributed by atoms with E-state index in [1.54, 1.807) is 7.05 Å². The highest BCUT2D eigenvalue weighted by molar-refractivity contribution is 5.90. The quantitative estimate of drug-likeness (QED) is 0.522. The average molecular weight is 124 g/mol. The van der Waals surface area contributed by atoms with E-state index in [9.17, 15) is 4.79 Å². The molecule has 1 heterocycles. The molecule has 0 saturated heterocycles. The van der Waals surface area contributed by atoms with Crippen molar-refractivity contribution in [3.63, 3.8) is 0 Å². The molecule has 0 aliphatic carbocycles. The van der Waals surface area contributed by atoms with Gasteiger partial charge in [0.15, 0.2) is 0 Å². The standard InChI is InChI=1S/C5H6N3O/c1-8-3-7-2-4(8)5(6)9/h2-3,6H,1H3. The molecule has 1 amide bonds. The monoisotopic (exact) mass is 124 g/mol. The SMILES string of the molecule is Cn1cncc1C([NH])=O. The van der Waals surface area contributed by atoms with E-state index in [4.69, 9.17) is 5.73 Å². The molecule has 1 N–H and O–H groups in total. The molecule has 1 rings (SSSR count). The Kier molecular flexibility index (Phi) is 1.22. The third kappa shape index (κ3) is 0.910. The summed E-state index contributed by atoms with van der Waals surface area (Å²) in [5.74, 6) is -0.699. The summed E-state index contributed by atoms with van der Waals surface area (Å²) in [6.07, 6.45) is 2.86. The number of carbonyl (C=O) groups is 1. The molecule has 0 spiro atoms. The van der Waals surface area contributed by atoms with Gasteiger partial charge in [0.25, 0.3) is 5.91 Å². The molecule has 0 bridgehead atoms. The second-order valence-electron chi connectivity index (χ2n) is 1.72. The third-order valence-electron chi connectivity index (χ3n) is 1.05. The minimum Gasteiger partial charge on any atom is -0.330 e. The van der Waals surface area contributed by atoms with Gasteiger partial charge in [-0.3, -0.25) is 10.5 Å². The average Bonchev–Trinajstić information content (AvgIpc) is 2.13. The van der Waals surface area contributed by atoms with Crippen molar-refractivity contribution in [1.82, 2.24) is 15.3 Å². The van der Waals surface area contributed by atoms with Gasteiger partial charge >= 0.3 is 0 Å². The molecule has 1 radical (unpaired) electrons. The minimum absolute atomic E-state index is 0.315. The number of carbonyl (C=O) groups excluding carboxylic acids is 1. The first-order chi connectivity index (χ1) is 4.22. The zero-order valence-corrected chi connectivity index (χ0v) is 4.96. The van der Waals surface area contributed by atoms with Crippen LogP contribution in [0.3, 0.4) is 0 Å². The molecule has 0 aromatic carbocycles. The van der Waals surface area contributed by atoms with Gasteiger partial charge in [0.05, 0.1) is 12.5 Å². The second kappa shape index (κ2) is 1.89. The van der Waals surface area contributed by atoms with Gasteiger partial charge in [-0.15, -0.1) is 0 Å². The predicted molar refractivity (Wildman–Crippen MR) is 30.6 cm³/mol. The summed E-state index contributed by atoms with van der Waals surface area (Å²) < 4.78 is 1.51. The first-order valence-electron chi connectivity index (χ1n) is 2.44. The molecule has 0 aliphatic rings. The lowest BCUT2D eigenvalue weighted by atomic mass is 10.4. The molecule has 0 unspecified atom stereocenters. The van der Waals surface area contributed by atoms with Gasteiger partial charge in [0, 0.05) is 7.05 Å². The highest BCUT2D eigenvalue weighted by Gasteiger charge is 2.03. The van der Waals surface area contributed by atoms with Crippen LogP contribution in [0.1, 0.15) is 10.5 Å². The van der Waals surface area contributed by atoms with Crippen LogP contribution in [0.25, 0.3) is 0 Å². The number of aromatic nitrogens is 2. The van der Waals surface area contributed by atoms with Crippen molar-refractivity contribution in [2.24, 2.45) is 7.05 Å². The van der Waals surface area contributed by atoms with E-state index in [0.29, 0.717) is 5.69 Å². The molecule has 0 aliphatic heterocycles. The van der Waals surface area contributed by atoms with Crippen LogP contribution in [0.4, 0.5) is 0 Å². The van der Waals surface area contributed by atoms with E-state index in [1.165, 1.54) is 17.1 Å². The van der Waals surface area contributed by atoms with Crippen LogP contribution in [0.15, 0.2) is 12.5 Å². The third-order valence-corrected chi connectivity index (χ3v) is 1.05. The Morgan fingerprint density at radius 3 is 2.78 bits per heavy atom. The normalized spacial score (nSPS) is 9.44. The molecule has 0 atom stereocenters. The van der Waals surface area contributed by atoms with Crippen molar-refractivity contribution in [2.75, 3.05) is 0 Å². The van der Waals surface area contributed by atoms with Crippen molar-refractivity contribution in [3.05, 3.63) is 18.2 Å². The van der Waals surface area contributed by atoms with Crippen molar-refractivity contribution in [2.45, 2.75) is 0 Å². The summed E-state index contributed by atoms with van der Waals surface area (Å²) in [6, 6.07) is 0. The Bertz CT molecular complexity index is 228. The van der Waals surface area contributed by atoms with Crippen molar-refractivity contribution < 1.29 is 4.79 Å². The summed E-state index contributed by atoms with van der Waals surface area (Å²) in [4.78, 5) is 14.0. The number of hydrogen-bond acceptors (Lipinski definition) is 2. The number of nitrogens with one attached hydrogen (secondary N) is 1. The lowest BCUT2D eigenvalue weighted by Gasteiger charge is -1.91. The van der Waals surface area contributed by atoms with Crippen LogP contribution in [-0.4, -0.2) is 15.5 Å². The number of hydrogen-bond donors (Lipinski definition) is 0. The lowest BCUT2D eigenvalue weighted by Crippen LogP contribution is -2.04. The topological polar surface area (TPSA) is 58.7 Å². The minimum atomic E-state index is -0.699. The van der Waals surface area contributed by atoms with Gasteiger partial charge in [0.1, 0.15) is 5.69 Å². The second-order valence-corrected chi connectivity index (χ2v) is 1.72. The summed E-state index contributed by atoms with van der Waals surface area (Å²) in [6.45, 7) is 0. The van der Waals surface area contributed by atoms with Gasteiger partial charge < -0.3 is 4.57 Å². The molecule has 4 nitrogen and oxygen atoms in total. The van der Waals surface area contributed by atoms with Crippen LogP contribution in [0, 0.1) is 0 Å². The number of imidazole rings is 1. The van der Waals surface area contributed by atoms with Crippen molar-refractivity contribution >= 4 is 5.91 Å². The van der Waals surface area contributed by atoms with E-state index in [-0.39, 0.29) is 0 Å². The van der Waals surface area contributed by atoms with Gasteiger partial charge in [-0.2, -0.15) is 0 Å². The summed E-state index contributed by atoms with van der Waals surface area (Å²) in [7, 11) is 1.68. The predicted octanol–water partition coefficient (Wildman–Crippen LogP) is -0.157. The molecule has 47 valence electrons. The molecular weight excluding hydrogens is 118 g/mol. The number of nitrogens with zero attached hydrogens (tertiary/aromatic N) is 2. The summed E-state index contributed by atoms with van der Waals surface area (Å²) in [5, 5.41) is 0. The van der Waals surface area contributed by atoms with E-state index in [2.05, 4.69) is 4.98 Å². The Labute approximate surface area is 52.3 Å². The highest BCUT2D eigenvalue weighted by Crippen LogP contribution is 1.93. The highest BCUT2D eigenvalue weighted by atomic mass is 16.1. The molecule has 9 heavy (non-hydrogen) atoms. The summed E-state index contributed by atoms with van der Waals surface area (Å²) >= 11 is 0. The number of amides is 1. The Morgan fingerprint density at radius 2 is 2.56 bits per heavy atom. The molecule has 4 heteroatoms. The summed E-state index contributed by atoms with van der Waals surface area (Å²) in [5.41, 5.74) is 6.99. The fraction of sp³-hybridized carbons (Fsp3) is 0.200. The van der Waals surface area contributed by atoms with Gasteiger partial charge in [-0.1, -0.05) is 0 Å². The Morgan fingerprint density at radius 1 is 1.89 bits per heavy atom. The maximum absolute atomic E-state index is 10.3. The Balaban J connectivity index is 3.08. The zero-order valence-electron chi connectivity index (χ0n) is 4.96. The Hall–Kier alpha value is -1.32. The van der Waals surface area contributed by atoms with Crippen molar-refractivity contribution in [3.8, 4) is 0 Å². The van der Waals surface area contributed by atoms with Crippen LogP contribution < -0.4 is 5.73 Å². The fourth-order valence-corrected chi connectivity index (χ4v) is 0.576. The van der Waals surface area contributed by atoms with E-state index in [1.807, 2.05) is 0 Å². The van der Waals surface area contributed by atoms with Gasteiger partial charge in [-0.25, -0.2) is 4.98 Å². The maximum Gasteiger partial charge on any atom is 0.287 e. The molecular formula is C5H6N3O. The number of aryl methyl sites for hydroxylation is 1. The fourth-order valence-electron chi connectivity index (χ4n) is 0.576. The molecule has 0 saturated carbocycles. The van der Waals surface area contributed by atoms with Crippen LogP contribution in [-0.2, 0) is 7.05 Å². The first kappa shape index (κ1) is 5.81. The maximum atomic E-state index is 10.3. The van der Waals surface area contributed by atoms with Crippen LogP contribution in [0.2, 0.25) is 0 Å². The number of rotatable bonds is 1. The van der Waals surface area contributed by atoms with Crippen LogP contribution in [0.5, 0.6) is 0 Å². The van der Waals surface area contributed by atoms with E-state index in [0.717, 1.165) is 0 Å². The van der Waals surface area contributed by atoms with Gasteiger partial charge in [-0.05, 0) is 0 Å². The molecule has 0 fully saturated rings. The first-order valence-corrected chi connectivity index (χ1v) is 2.44. The molecule has 1 aromatic heterocycles. The smallest absolute Gasteiger partial charge is 0.287 e. The lowest BCUT2D eigenvalue weighted by molar-refractivity contribution is 0.0984. The van der Waals surface area contributed by atoms with Crippen LogP contribution >= 0.6 is 0 Å². The van der Waals surface area contributed by atoms with Crippen molar-refractivity contribution in [1.29, 1.82) is 0 Å². The van der Waals surface area contributed by atoms with E-state index >= 15 is 0 Å². The largest absolute Gasteiger partial charge is 0.330 e. The zero-order chi connectivity index (χ0) is 6.85. The van der Waals surface area contributed by atoms with E-state index < -0.39 is 5.91 Å². The molecule has 1 aromatic rings.